The summed E-state index contributed by atoms with van der Waals surface area (Å²) >= 11 is 0. The number of amides is 3. The van der Waals surface area contributed by atoms with Crippen LogP contribution < -0.4 is 15.4 Å². The number of pyridine rings is 1. The highest BCUT2D eigenvalue weighted by Crippen LogP contribution is 2.55. The summed E-state index contributed by atoms with van der Waals surface area (Å²) in [6, 6.07) is 9.99. The Balaban J connectivity index is 1.29. The van der Waals surface area contributed by atoms with Gasteiger partial charge in [0.2, 0.25) is 17.7 Å². The summed E-state index contributed by atoms with van der Waals surface area (Å²) in [5, 5.41) is 6.22. The molecule has 9 nitrogen and oxygen atoms in total. The second-order valence-electron chi connectivity index (χ2n) is 11.4. The number of nitrogens with zero attached hydrogens (tertiary/aromatic N) is 2. The Labute approximate surface area is 234 Å². The summed E-state index contributed by atoms with van der Waals surface area (Å²) < 4.78 is 12.0. The van der Waals surface area contributed by atoms with E-state index in [9.17, 15) is 14.4 Å². The Kier molecular flexibility index (Phi) is 7.08. The Morgan fingerprint density at radius 3 is 2.67 bits per heavy atom. The number of fused-ring (bicyclic) bond motifs is 1. The lowest BCUT2D eigenvalue weighted by molar-refractivity contribution is -0.142. The molecule has 1 aromatic heterocycles. The molecule has 3 aliphatic heterocycles. The molecule has 6 rings (SSSR count). The number of benzene rings is 1. The highest BCUT2D eigenvalue weighted by atomic mass is 16.5. The predicted molar refractivity (Wildman–Crippen MR) is 148 cm³/mol. The van der Waals surface area contributed by atoms with Gasteiger partial charge in [-0.2, -0.15) is 0 Å². The maximum absolute atomic E-state index is 14.1. The fourth-order valence-electron chi connectivity index (χ4n) is 6.95. The highest BCUT2D eigenvalue weighted by molar-refractivity contribution is 6.02. The number of carbonyl (C=O) groups excluding carboxylic acids is 3. The molecule has 1 saturated carbocycles. The van der Waals surface area contributed by atoms with Gasteiger partial charge in [0, 0.05) is 30.7 Å². The zero-order valence-corrected chi connectivity index (χ0v) is 22.9. The number of aromatic nitrogens is 1. The topological polar surface area (TPSA) is 110 Å². The van der Waals surface area contributed by atoms with E-state index in [1.54, 1.807) is 41.6 Å². The van der Waals surface area contributed by atoms with Crippen LogP contribution in [0.15, 0.2) is 60.9 Å². The van der Waals surface area contributed by atoms with E-state index in [0.717, 1.165) is 31.2 Å². The molecule has 3 amide bonds. The van der Waals surface area contributed by atoms with Gasteiger partial charge in [0.1, 0.15) is 17.4 Å². The highest BCUT2D eigenvalue weighted by Gasteiger charge is 2.72. The van der Waals surface area contributed by atoms with Crippen LogP contribution in [0, 0.1) is 17.8 Å². The van der Waals surface area contributed by atoms with Crippen LogP contribution in [0.3, 0.4) is 0 Å². The Bertz CT molecular complexity index is 1300. The van der Waals surface area contributed by atoms with Gasteiger partial charge in [-0.3, -0.25) is 19.4 Å². The fraction of sp³-hybridized carbons (Fsp3) is 0.484. The summed E-state index contributed by atoms with van der Waals surface area (Å²) in [4.78, 5) is 47.6. The standard InChI is InChI=1S/C31H36N4O5/c1-3-39-22-12-10-21(11-13-22)33-28(36)25-24-14-15-31(40-24)26(25)30(38)35(18-20-8-6-16-32-17-20)27(31)29(37)34-23-9-5-4-7-19(23)2/h6,8,10-17,19,23-27H,3-5,7,9,18H2,1-2H3,(H,33,36)(H,34,37)/t19?,23?,24-,25?,26-,27?,31?/m0/s1. The van der Waals surface area contributed by atoms with Gasteiger partial charge >= 0.3 is 0 Å². The average Bonchev–Trinajstić information content (AvgIpc) is 3.59. The number of nitrogens with one attached hydrogen (secondary N) is 2. The van der Waals surface area contributed by atoms with Crippen molar-refractivity contribution in [2.24, 2.45) is 17.8 Å². The minimum Gasteiger partial charge on any atom is -0.494 e. The number of hydrogen-bond donors (Lipinski definition) is 2. The first-order chi connectivity index (χ1) is 19.4. The van der Waals surface area contributed by atoms with Crippen molar-refractivity contribution in [2.45, 2.75) is 69.9 Å². The molecule has 40 heavy (non-hydrogen) atoms. The van der Waals surface area contributed by atoms with Crippen molar-refractivity contribution in [2.75, 3.05) is 11.9 Å². The minimum absolute atomic E-state index is 0.0494. The van der Waals surface area contributed by atoms with E-state index in [-0.39, 0.29) is 30.3 Å². The molecule has 0 radical (unpaired) electrons. The van der Waals surface area contributed by atoms with Crippen molar-refractivity contribution in [3.05, 3.63) is 66.5 Å². The Morgan fingerprint density at radius 2 is 1.95 bits per heavy atom. The van der Waals surface area contributed by atoms with Crippen LogP contribution in [0.25, 0.3) is 0 Å². The molecule has 7 atom stereocenters. The van der Waals surface area contributed by atoms with Crippen molar-refractivity contribution >= 4 is 23.4 Å². The molecule has 3 fully saturated rings. The minimum atomic E-state index is -1.20. The van der Waals surface area contributed by atoms with Gasteiger partial charge in [0.25, 0.3) is 0 Å². The third-order valence-electron chi connectivity index (χ3n) is 8.87. The number of rotatable bonds is 8. The van der Waals surface area contributed by atoms with E-state index in [0.29, 0.717) is 24.0 Å². The lowest BCUT2D eigenvalue weighted by atomic mass is 9.74. The second kappa shape index (κ2) is 10.7. The third kappa shape index (κ3) is 4.56. The molecule has 2 N–H and O–H groups in total. The molecule has 9 heteroatoms. The normalized spacial score (nSPS) is 32.1. The molecule has 5 unspecified atom stereocenters. The van der Waals surface area contributed by atoms with E-state index in [2.05, 4.69) is 22.5 Å². The molecule has 1 aromatic carbocycles. The molecule has 210 valence electrons. The maximum atomic E-state index is 14.1. The summed E-state index contributed by atoms with van der Waals surface area (Å²) in [5.41, 5.74) is 0.213. The molecule has 2 bridgehead atoms. The molecule has 4 heterocycles. The van der Waals surface area contributed by atoms with Crippen LogP contribution in [-0.2, 0) is 25.7 Å². The number of carbonyl (C=O) groups is 3. The zero-order chi connectivity index (χ0) is 27.9. The third-order valence-corrected chi connectivity index (χ3v) is 8.87. The van der Waals surface area contributed by atoms with E-state index in [1.807, 2.05) is 31.2 Å². The summed E-state index contributed by atoms with van der Waals surface area (Å²) in [6.07, 6.45) is 10.7. The van der Waals surface area contributed by atoms with Crippen molar-refractivity contribution in [3.63, 3.8) is 0 Å². The second-order valence-corrected chi connectivity index (χ2v) is 11.4. The first-order valence-corrected chi connectivity index (χ1v) is 14.3. The smallest absolute Gasteiger partial charge is 0.246 e. The largest absolute Gasteiger partial charge is 0.494 e. The first kappa shape index (κ1) is 26.5. The van der Waals surface area contributed by atoms with Crippen LogP contribution in [0.4, 0.5) is 5.69 Å². The van der Waals surface area contributed by atoms with E-state index < -0.39 is 29.6 Å². The number of likely N-dealkylation sites (tertiary alicyclic amines) is 1. The quantitative estimate of drug-likeness (QED) is 0.493. The molecule has 2 saturated heterocycles. The number of hydrogen-bond acceptors (Lipinski definition) is 6. The first-order valence-electron chi connectivity index (χ1n) is 14.3. The zero-order valence-electron chi connectivity index (χ0n) is 22.9. The molecule has 2 aromatic rings. The summed E-state index contributed by atoms with van der Waals surface area (Å²) in [5.74, 6) is -1.27. The molecular formula is C31H36N4O5. The Morgan fingerprint density at radius 1 is 1.15 bits per heavy atom. The van der Waals surface area contributed by atoms with E-state index in [4.69, 9.17) is 9.47 Å². The molecule has 4 aliphatic rings. The van der Waals surface area contributed by atoms with Gasteiger partial charge < -0.3 is 25.0 Å². The van der Waals surface area contributed by atoms with Crippen LogP contribution in [0.2, 0.25) is 0 Å². The van der Waals surface area contributed by atoms with Gasteiger partial charge in [0.05, 0.1) is 24.5 Å². The molecular weight excluding hydrogens is 508 g/mol. The van der Waals surface area contributed by atoms with Gasteiger partial charge in [0.15, 0.2) is 0 Å². The average molecular weight is 545 g/mol. The van der Waals surface area contributed by atoms with Gasteiger partial charge in [-0.1, -0.05) is 38.0 Å². The van der Waals surface area contributed by atoms with Gasteiger partial charge in [-0.15, -0.1) is 0 Å². The maximum Gasteiger partial charge on any atom is 0.246 e. The van der Waals surface area contributed by atoms with Crippen LogP contribution in [0.5, 0.6) is 5.75 Å². The number of ether oxygens (including phenoxy) is 2. The van der Waals surface area contributed by atoms with Crippen molar-refractivity contribution < 1.29 is 23.9 Å². The SMILES string of the molecule is CCOc1ccc(NC(=O)C2[C@@H]3C=CC4(O3)C(C(=O)NC3CCCCC3C)N(Cc3cccnc3)C(=O)[C@H]24)cc1. The lowest BCUT2D eigenvalue weighted by Gasteiger charge is -2.36. The van der Waals surface area contributed by atoms with E-state index >= 15 is 0 Å². The van der Waals surface area contributed by atoms with Crippen molar-refractivity contribution in [1.29, 1.82) is 0 Å². The van der Waals surface area contributed by atoms with Gasteiger partial charge in [-0.05, 0) is 61.6 Å². The van der Waals surface area contributed by atoms with Crippen LogP contribution in [-0.4, -0.2) is 58.0 Å². The van der Waals surface area contributed by atoms with Crippen LogP contribution in [0.1, 0.15) is 45.1 Å². The van der Waals surface area contributed by atoms with Gasteiger partial charge in [-0.25, -0.2) is 0 Å². The lowest BCUT2D eigenvalue weighted by Crippen LogP contribution is -2.57. The fourth-order valence-corrected chi connectivity index (χ4v) is 6.95. The van der Waals surface area contributed by atoms with E-state index in [1.165, 1.54) is 0 Å². The molecule has 1 aliphatic carbocycles. The Hall–Kier alpha value is -3.72. The summed E-state index contributed by atoms with van der Waals surface area (Å²) in [6.45, 7) is 4.83. The number of anilines is 1. The van der Waals surface area contributed by atoms with Crippen LogP contribution >= 0.6 is 0 Å². The van der Waals surface area contributed by atoms with Crippen molar-refractivity contribution in [3.8, 4) is 5.75 Å². The molecule has 1 spiro atoms. The monoisotopic (exact) mass is 544 g/mol. The van der Waals surface area contributed by atoms with Crippen molar-refractivity contribution in [1.82, 2.24) is 15.2 Å². The predicted octanol–water partition coefficient (Wildman–Crippen LogP) is 3.46. The summed E-state index contributed by atoms with van der Waals surface area (Å²) in [7, 11) is 0.